The second-order valence-electron chi connectivity index (χ2n) is 8.03. The number of aliphatic imine (C=N–C) groups is 1. The van der Waals surface area contributed by atoms with E-state index in [0.717, 1.165) is 17.1 Å². The zero-order chi connectivity index (χ0) is 23.6. The minimum Gasteiger partial charge on any atom is -0.497 e. The monoisotopic (exact) mass is 472 g/mol. The van der Waals surface area contributed by atoms with Crippen LogP contribution >= 0.6 is 0 Å². The Kier molecular flexibility index (Phi) is 6.57. The minimum atomic E-state index is -3.63. The minimum absolute atomic E-state index is 0.121. The second kappa shape index (κ2) is 9.40. The maximum absolute atomic E-state index is 13.0. The fraction of sp³-hybridized carbons (Fsp3) is 0.391. The Hall–Kier alpha value is -3.11. The van der Waals surface area contributed by atoms with E-state index in [1.54, 1.807) is 44.2 Å². The van der Waals surface area contributed by atoms with Crippen molar-refractivity contribution in [3.8, 4) is 11.5 Å². The molecule has 2 aliphatic heterocycles. The van der Waals surface area contributed by atoms with Crippen LogP contribution in [0.1, 0.15) is 18.1 Å². The van der Waals surface area contributed by atoms with Gasteiger partial charge >= 0.3 is 0 Å². The van der Waals surface area contributed by atoms with Gasteiger partial charge < -0.3 is 14.4 Å². The van der Waals surface area contributed by atoms with Crippen molar-refractivity contribution in [1.82, 2.24) is 14.5 Å². The molecule has 10 heteroatoms. The number of rotatable bonds is 6. The molecule has 9 nitrogen and oxygen atoms in total. The summed E-state index contributed by atoms with van der Waals surface area (Å²) in [5.74, 6) is 1.68. The van der Waals surface area contributed by atoms with E-state index in [0.29, 0.717) is 38.3 Å². The molecule has 4 rings (SSSR count). The van der Waals surface area contributed by atoms with Gasteiger partial charge in [0.15, 0.2) is 0 Å². The molecule has 1 fully saturated rings. The number of benzene rings is 2. The van der Waals surface area contributed by atoms with Crippen molar-refractivity contribution < 1.29 is 22.7 Å². The number of sulfonamides is 1. The number of piperazine rings is 1. The number of nitrogens with one attached hydrogen (secondary N) is 1. The van der Waals surface area contributed by atoms with Crippen LogP contribution in [0.15, 0.2) is 52.4 Å². The number of nitrogens with zero attached hydrogens (tertiary/aromatic N) is 3. The van der Waals surface area contributed by atoms with Crippen LogP contribution in [0.2, 0.25) is 0 Å². The smallest absolute Gasteiger partial charge is 0.263 e. The SMILES string of the molecule is COc1ccc(OC)c(CN2CCN(C(=O)[C@H](C)N=C3NS(=O)(=O)c4ccccc43)CC2)c1. The highest BCUT2D eigenvalue weighted by atomic mass is 32.2. The summed E-state index contributed by atoms with van der Waals surface area (Å²) in [6, 6.07) is 11.7. The molecule has 1 saturated heterocycles. The summed E-state index contributed by atoms with van der Waals surface area (Å²) in [5.41, 5.74) is 1.53. The Balaban J connectivity index is 1.39. The molecular formula is C23H28N4O5S. The lowest BCUT2D eigenvalue weighted by Gasteiger charge is -2.35. The normalized spacial score (nSPS) is 19.6. The first-order valence-corrected chi connectivity index (χ1v) is 12.2. The summed E-state index contributed by atoms with van der Waals surface area (Å²) >= 11 is 0. The topological polar surface area (TPSA) is 101 Å². The van der Waals surface area contributed by atoms with E-state index in [-0.39, 0.29) is 16.6 Å². The number of carbonyl (C=O) groups excluding carboxylic acids is 1. The first-order chi connectivity index (χ1) is 15.8. The van der Waals surface area contributed by atoms with Gasteiger partial charge in [0.25, 0.3) is 10.0 Å². The standard InChI is InChI=1S/C23H28N4O5S/c1-16(24-22-19-6-4-5-7-21(19)33(29,30)25-22)23(28)27-12-10-26(11-13-27)15-17-14-18(31-2)8-9-20(17)32-3/h4-9,14,16H,10-13,15H2,1-3H3,(H,24,25)/t16-/m0/s1. The molecule has 2 aromatic rings. The summed E-state index contributed by atoms with van der Waals surface area (Å²) in [4.78, 5) is 21.6. The van der Waals surface area contributed by atoms with E-state index < -0.39 is 16.1 Å². The molecule has 1 N–H and O–H groups in total. The highest BCUT2D eigenvalue weighted by Crippen LogP contribution is 2.26. The van der Waals surface area contributed by atoms with Gasteiger partial charge in [-0.25, -0.2) is 8.42 Å². The lowest BCUT2D eigenvalue weighted by atomic mass is 10.1. The van der Waals surface area contributed by atoms with Crippen LogP contribution in [0.3, 0.4) is 0 Å². The Bertz CT molecular complexity index is 1170. The first kappa shape index (κ1) is 23.1. The number of ether oxygens (including phenoxy) is 2. The molecule has 2 aromatic carbocycles. The molecule has 33 heavy (non-hydrogen) atoms. The molecule has 0 saturated carbocycles. The lowest BCUT2D eigenvalue weighted by molar-refractivity contribution is -0.133. The van der Waals surface area contributed by atoms with Crippen LogP contribution < -0.4 is 14.2 Å². The van der Waals surface area contributed by atoms with Crippen molar-refractivity contribution in [3.63, 3.8) is 0 Å². The third-order valence-electron chi connectivity index (χ3n) is 5.91. The molecule has 0 aromatic heterocycles. The maximum Gasteiger partial charge on any atom is 0.263 e. The molecule has 0 radical (unpaired) electrons. The van der Waals surface area contributed by atoms with E-state index in [2.05, 4.69) is 14.6 Å². The number of methoxy groups -OCH3 is 2. The van der Waals surface area contributed by atoms with Crippen molar-refractivity contribution in [1.29, 1.82) is 0 Å². The molecular weight excluding hydrogens is 444 g/mol. The highest BCUT2D eigenvalue weighted by Gasteiger charge is 2.32. The van der Waals surface area contributed by atoms with Gasteiger partial charge in [0.2, 0.25) is 5.91 Å². The molecule has 2 aliphatic rings. The van der Waals surface area contributed by atoms with Gasteiger partial charge in [-0.1, -0.05) is 12.1 Å². The molecule has 0 bridgehead atoms. The largest absolute Gasteiger partial charge is 0.497 e. The van der Waals surface area contributed by atoms with Crippen molar-refractivity contribution in [2.24, 2.45) is 4.99 Å². The first-order valence-electron chi connectivity index (χ1n) is 10.7. The van der Waals surface area contributed by atoms with Gasteiger partial charge in [0.1, 0.15) is 23.4 Å². The maximum atomic E-state index is 13.0. The predicted octanol–water partition coefficient (Wildman–Crippen LogP) is 1.48. The van der Waals surface area contributed by atoms with E-state index in [9.17, 15) is 13.2 Å². The Morgan fingerprint density at radius 1 is 1.09 bits per heavy atom. The highest BCUT2D eigenvalue weighted by molar-refractivity contribution is 7.90. The van der Waals surface area contributed by atoms with Gasteiger partial charge in [0.05, 0.1) is 19.1 Å². The van der Waals surface area contributed by atoms with Gasteiger partial charge in [-0.3, -0.25) is 19.4 Å². The molecule has 176 valence electrons. The quantitative estimate of drug-likeness (QED) is 0.684. The van der Waals surface area contributed by atoms with Crippen LogP contribution in [0, 0.1) is 0 Å². The average molecular weight is 473 g/mol. The lowest BCUT2D eigenvalue weighted by Crippen LogP contribution is -2.50. The summed E-state index contributed by atoms with van der Waals surface area (Å²) in [7, 11) is -0.349. The Morgan fingerprint density at radius 3 is 2.52 bits per heavy atom. The van der Waals surface area contributed by atoms with Gasteiger partial charge in [-0.05, 0) is 37.3 Å². The number of fused-ring (bicyclic) bond motifs is 1. The van der Waals surface area contributed by atoms with E-state index in [4.69, 9.17) is 9.47 Å². The second-order valence-corrected chi connectivity index (χ2v) is 9.69. The molecule has 0 spiro atoms. The van der Waals surface area contributed by atoms with Crippen LogP contribution in [0.5, 0.6) is 11.5 Å². The fourth-order valence-electron chi connectivity index (χ4n) is 4.12. The van der Waals surface area contributed by atoms with Crippen LogP contribution in [0.25, 0.3) is 0 Å². The average Bonchev–Trinajstić information content (AvgIpc) is 3.08. The molecule has 1 atom stereocenters. The van der Waals surface area contributed by atoms with Crippen LogP contribution in [0.4, 0.5) is 0 Å². The number of hydrogen-bond acceptors (Lipinski definition) is 7. The Labute approximate surface area is 194 Å². The number of amides is 1. The van der Waals surface area contributed by atoms with E-state index in [1.807, 2.05) is 18.2 Å². The molecule has 1 amide bonds. The van der Waals surface area contributed by atoms with Crippen LogP contribution in [-0.4, -0.2) is 76.4 Å². The Morgan fingerprint density at radius 2 is 1.82 bits per heavy atom. The molecule has 2 heterocycles. The zero-order valence-electron chi connectivity index (χ0n) is 18.9. The third kappa shape index (κ3) is 4.81. The van der Waals surface area contributed by atoms with Crippen molar-refractivity contribution in [2.45, 2.75) is 24.4 Å². The summed E-state index contributed by atoms with van der Waals surface area (Å²) in [6.07, 6.45) is 0. The van der Waals surface area contributed by atoms with Crippen molar-refractivity contribution in [3.05, 3.63) is 53.6 Å². The van der Waals surface area contributed by atoms with Crippen LogP contribution in [-0.2, 0) is 21.4 Å². The molecule has 0 aliphatic carbocycles. The van der Waals surface area contributed by atoms with Crippen molar-refractivity contribution >= 4 is 21.8 Å². The summed E-state index contributed by atoms with van der Waals surface area (Å²) in [6.45, 7) is 4.96. The van der Waals surface area contributed by atoms with Gasteiger partial charge in [0, 0.05) is 43.9 Å². The van der Waals surface area contributed by atoms with E-state index >= 15 is 0 Å². The molecule has 0 unspecified atom stereocenters. The number of amidine groups is 1. The number of carbonyl (C=O) groups is 1. The van der Waals surface area contributed by atoms with E-state index in [1.165, 1.54) is 6.07 Å². The number of hydrogen-bond donors (Lipinski definition) is 1. The third-order valence-corrected chi connectivity index (χ3v) is 7.31. The van der Waals surface area contributed by atoms with Crippen molar-refractivity contribution in [2.75, 3.05) is 40.4 Å². The van der Waals surface area contributed by atoms with Gasteiger partial charge in [-0.15, -0.1) is 0 Å². The fourth-order valence-corrected chi connectivity index (χ4v) is 5.35. The zero-order valence-corrected chi connectivity index (χ0v) is 19.8. The summed E-state index contributed by atoms with van der Waals surface area (Å²) < 4.78 is 37.8. The summed E-state index contributed by atoms with van der Waals surface area (Å²) in [5, 5.41) is 0. The predicted molar refractivity (Wildman–Crippen MR) is 124 cm³/mol. The van der Waals surface area contributed by atoms with Gasteiger partial charge in [-0.2, -0.15) is 0 Å².